The van der Waals surface area contributed by atoms with Crippen LogP contribution in [-0.4, -0.2) is 62.4 Å². The van der Waals surface area contributed by atoms with Gasteiger partial charge in [0.1, 0.15) is 18.1 Å². The average Bonchev–Trinajstić information content (AvgIpc) is 2.72. The van der Waals surface area contributed by atoms with Gasteiger partial charge in [-0.3, -0.25) is 9.88 Å². The molecule has 0 aliphatic carbocycles. The molecule has 0 radical (unpaired) electrons. The molecule has 1 saturated heterocycles. The van der Waals surface area contributed by atoms with Crippen molar-refractivity contribution in [3.63, 3.8) is 0 Å². The van der Waals surface area contributed by atoms with Gasteiger partial charge in [-0.25, -0.2) is 4.79 Å². The third kappa shape index (κ3) is 5.89. The minimum Gasteiger partial charge on any atom is -0.497 e. The molecule has 154 valence electrons. The van der Waals surface area contributed by atoms with Crippen molar-refractivity contribution in [2.45, 2.75) is 6.04 Å². The fourth-order valence-corrected chi connectivity index (χ4v) is 2.90. The number of carbonyl (C=O) groups excluding carboxylic acids is 1. The Kier molecular flexibility index (Phi) is 9.85. The van der Waals surface area contributed by atoms with Crippen LogP contribution in [0.1, 0.15) is 0 Å². The SMILES string of the molecule is COc1ccc(N(C)C(=O)N2CCNCC2COc2cccnc2)cc1.Cl.Cl. The van der Waals surface area contributed by atoms with Crippen LogP contribution in [-0.2, 0) is 0 Å². The van der Waals surface area contributed by atoms with E-state index in [9.17, 15) is 4.79 Å². The van der Waals surface area contributed by atoms with Crippen molar-refractivity contribution in [3.05, 3.63) is 48.8 Å². The number of methoxy groups -OCH3 is 1. The van der Waals surface area contributed by atoms with Crippen molar-refractivity contribution in [2.24, 2.45) is 0 Å². The zero-order chi connectivity index (χ0) is 18.4. The van der Waals surface area contributed by atoms with Gasteiger partial charge in [0.15, 0.2) is 0 Å². The van der Waals surface area contributed by atoms with Gasteiger partial charge in [-0.2, -0.15) is 0 Å². The van der Waals surface area contributed by atoms with Crippen molar-refractivity contribution in [1.82, 2.24) is 15.2 Å². The molecule has 7 nitrogen and oxygen atoms in total. The quantitative estimate of drug-likeness (QED) is 0.792. The molecular weight excluding hydrogens is 403 g/mol. The van der Waals surface area contributed by atoms with Gasteiger partial charge in [-0.1, -0.05) is 0 Å². The highest BCUT2D eigenvalue weighted by molar-refractivity contribution is 5.91. The van der Waals surface area contributed by atoms with Gasteiger partial charge >= 0.3 is 6.03 Å². The first-order valence-corrected chi connectivity index (χ1v) is 8.61. The summed E-state index contributed by atoms with van der Waals surface area (Å²) < 4.78 is 11.0. The second-order valence-corrected chi connectivity index (χ2v) is 6.09. The number of hydrogen-bond acceptors (Lipinski definition) is 5. The molecule has 1 fully saturated rings. The first-order chi connectivity index (χ1) is 12.7. The number of urea groups is 1. The van der Waals surface area contributed by atoms with Crippen LogP contribution < -0.4 is 19.7 Å². The monoisotopic (exact) mass is 428 g/mol. The van der Waals surface area contributed by atoms with Crippen LogP contribution in [0.5, 0.6) is 11.5 Å². The van der Waals surface area contributed by atoms with Gasteiger partial charge in [0, 0.05) is 38.6 Å². The van der Waals surface area contributed by atoms with Crippen LogP contribution in [0, 0.1) is 0 Å². The molecule has 9 heteroatoms. The molecular formula is C19H26Cl2N4O3. The summed E-state index contributed by atoms with van der Waals surface area (Å²) in [6.45, 7) is 2.52. The Labute approximate surface area is 177 Å². The molecule has 1 aromatic carbocycles. The molecule has 1 aliphatic rings. The predicted octanol–water partition coefficient (Wildman–Crippen LogP) is 2.84. The summed E-state index contributed by atoms with van der Waals surface area (Å²) in [6, 6.07) is 11.0. The van der Waals surface area contributed by atoms with Crippen LogP contribution in [0.4, 0.5) is 10.5 Å². The summed E-state index contributed by atoms with van der Waals surface area (Å²) >= 11 is 0. The second kappa shape index (κ2) is 11.6. The van der Waals surface area contributed by atoms with Crippen LogP contribution in [0.25, 0.3) is 0 Å². The van der Waals surface area contributed by atoms with Crippen molar-refractivity contribution in [2.75, 3.05) is 45.3 Å². The van der Waals surface area contributed by atoms with E-state index in [0.717, 1.165) is 18.0 Å². The van der Waals surface area contributed by atoms with Crippen LogP contribution in [0.2, 0.25) is 0 Å². The predicted molar refractivity (Wildman–Crippen MR) is 114 cm³/mol. The minimum atomic E-state index is -0.0450. The molecule has 0 saturated carbocycles. The molecule has 2 amide bonds. The molecule has 1 aliphatic heterocycles. The van der Waals surface area contributed by atoms with E-state index in [4.69, 9.17) is 9.47 Å². The zero-order valence-electron chi connectivity index (χ0n) is 15.9. The Hall–Kier alpha value is -2.22. The van der Waals surface area contributed by atoms with Crippen molar-refractivity contribution >= 4 is 36.5 Å². The summed E-state index contributed by atoms with van der Waals surface area (Å²) in [4.78, 5) is 20.6. The Morgan fingerprint density at radius 2 is 2.00 bits per heavy atom. The summed E-state index contributed by atoms with van der Waals surface area (Å²) in [5, 5.41) is 3.33. The number of hydrogen-bond donors (Lipinski definition) is 1. The number of halogens is 2. The molecule has 28 heavy (non-hydrogen) atoms. The highest BCUT2D eigenvalue weighted by atomic mass is 35.5. The largest absolute Gasteiger partial charge is 0.497 e. The lowest BCUT2D eigenvalue weighted by molar-refractivity contribution is 0.129. The molecule has 1 atom stereocenters. The third-order valence-corrected chi connectivity index (χ3v) is 4.42. The smallest absolute Gasteiger partial charge is 0.324 e. The number of benzene rings is 1. The van der Waals surface area contributed by atoms with Gasteiger partial charge in [-0.15, -0.1) is 24.8 Å². The standard InChI is InChI=1S/C19H24N4O3.2ClH/c1-22(15-5-7-17(25-2)8-6-15)19(24)23-11-10-21-12-16(23)14-26-18-4-3-9-20-13-18;;/h3-9,13,16,21H,10-12,14H2,1-2H3;2*1H. The Morgan fingerprint density at radius 1 is 1.25 bits per heavy atom. The van der Waals surface area contributed by atoms with Gasteiger partial charge in [0.2, 0.25) is 0 Å². The van der Waals surface area contributed by atoms with Gasteiger partial charge in [-0.05, 0) is 36.4 Å². The van der Waals surface area contributed by atoms with E-state index in [0.29, 0.717) is 25.4 Å². The summed E-state index contributed by atoms with van der Waals surface area (Å²) in [5.74, 6) is 1.47. The Bertz CT molecular complexity index is 719. The first kappa shape index (κ1) is 23.8. The number of pyridine rings is 1. The fourth-order valence-electron chi connectivity index (χ4n) is 2.90. The van der Waals surface area contributed by atoms with Crippen molar-refractivity contribution in [1.29, 1.82) is 0 Å². The fraction of sp³-hybridized carbons (Fsp3) is 0.368. The van der Waals surface area contributed by atoms with E-state index >= 15 is 0 Å². The highest BCUT2D eigenvalue weighted by Gasteiger charge is 2.29. The number of amides is 2. The van der Waals surface area contributed by atoms with Crippen molar-refractivity contribution in [3.8, 4) is 11.5 Å². The van der Waals surface area contributed by atoms with E-state index in [2.05, 4.69) is 10.3 Å². The minimum absolute atomic E-state index is 0. The molecule has 1 aromatic heterocycles. The first-order valence-electron chi connectivity index (χ1n) is 8.61. The summed E-state index contributed by atoms with van der Waals surface area (Å²) in [7, 11) is 3.41. The summed E-state index contributed by atoms with van der Waals surface area (Å²) in [5.41, 5.74) is 0.821. The maximum Gasteiger partial charge on any atom is 0.324 e. The van der Waals surface area contributed by atoms with E-state index in [1.807, 2.05) is 41.3 Å². The van der Waals surface area contributed by atoms with E-state index in [-0.39, 0.29) is 36.9 Å². The Balaban J connectivity index is 0.00000196. The molecule has 0 bridgehead atoms. The number of carbonyl (C=O) groups is 1. The molecule has 1 unspecified atom stereocenters. The lowest BCUT2D eigenvalue weighted by atomic mass is 10.2. The molecule has 2 aromatic rings. The van der Waals surface area contributed by atoms with Gasteiger partial charge in [0.25, 0.3) is 0 Å². The second-order valence-electron chi connectivity index (χ2n) is 6.09. The zero-order valence-corrected chi connectivity index (χ0v) is 17.5. The number of nitrogens with one attached hydrogen (secondary N) is 1. The number of aromatic nitrogens is 1. The summed E-state index contributed by atoms with van der Waals surface area (Å²) in [6.07, 6.45) is 3.38. The normalized spacial score (nSPS) is 15.6. The molecule has 2 heterocycles. The number of nitrogens with zero attached hydrogens (tertiary/aromatic N) is 3. The topological polar surface area (TPSA) is 66.9 Å². The van der Waals surface area contributed by atoms with Crippen molar-refractivity contribution < 1.29 is 14.3 Å². The number of ether oxygens (including phenoxy) is 2. The van der Waals surface area contributed by atoms with Gasteiger partial charge < -0.3 is 19.7 Å². The van der Waals surface area contributed by atoms with E-state index in [1.165, 1.54) is 0 Å². The van der Waals surface area contributed by atoms with Crippen LogP contribution in [0.15, 0.2) is 48.8 Å². The van der Waals surface area contributed by atoms with E-state index < -0.39 is 0 Å². The number of piperazine rings is 1. The molecule has 0 spiro atoms. The average molecular weight is 429 g/mol. The third-order valence-electron chi connectivity index (χ3n) is 4.42. The lowest BCUT2D eigenvalue weighted by Crippen LogP contribution is -2.58. The van der Waals surface area contributed by atoms with E-state index in [1.54, 1.807) is 31.5 Å². The maximum absolute atomic E-state index is 13.0. The Morgan fingerprint density at radius 3 is 2.64 bits per heavy atom. The van der Waals surface area contributed by atoms with Gasteiger partial charge in [0.05, 0.1) is 19.3 Å². The number of anilines is 1. The van der Waals surface area contributed by atoms with Crippen LogP contribution in [0.3, 0.4) is 0 Å². The molecule has 1 N–H and O–H groups in total. The lowest BCUT2D eigenvalue weighted by Gasteiger charge is -2.38. The van der Waals surface area contributed by atoms with Crippen LogP contribution >= 0.6 is 24.8 Å². The number of rotatable bonds is 5. The highest BCUT2D eigenvalue weighted by Crippen LogP contribution is 2.20. The molecule has 3 rings (SSSR count). The maximum atomic E-state index is 13.0.